The van der Waals surface area contributed by atoms with Crippen LogP contribution in [0.2, 0.25) is 0 Å². The van der Waals surface area contributed by atoms with Gasteiger partial charge in [0.05, 0.1) is 25.5 Å². The number of carbonyl (C=O) groups is 3. The van der Waals surface area contributed by atoms with Crippen molar-refractivity contribution in [2.24, 2.45) is 5.92 Å². The second kappa shape index (κ2) is 19.1. The molecule has 0 bridgehead atoms. The molecule has 4 atom stereocenters. The largest absolute Gasteiger partial charge is 0.392 e. The number of amides is 3. The molecule has 0 saturated carbocycles. The van der Waals surface area contributed by atoms with Gasteiger partial charge in [0.25, 0.3) is 0 Å². The summed E-state index contributed by atoms with van der Waals surface area (Å²) in [4.78, 5) is 41.7. The predicted molar refractivity (Wildman–Crippen MR) is 224 cm³/mol. The molecule has 3 heterocycles. The van der Waals surface area contributed by atoms with Gasteiger partial charge in [0.1, 0.15) is 5.54 Å². The Morgan fingerprint density at radius 2 is 1.55 bits per heavy atom. The zero-order valence-electron chi connectivity index (χ0n) is 33.7. The molecule has 11 heteroatoms. The van der Waals surface area contributed by atoms with Crippen molar-refractivity contribution < 1.29 is 29.0 Å². The van der Waals surface area contributed by atoms with Gasteiger partial charge >= 0.3 is 0 Å². The normalized spacial score (nSPS) is 21.8. The smallest absolute Gasteiger partial charge is 0.247 e. The van der Waals surface area contributed by atoms with Crippen molar-refractivity contribution in [3.05, 3.63) is 125 Å². The quantitative estimate of drug-likeness (QED) is 0.102. The Morgan fingerprint density at radius 1 is 0.845 bits per heavy atom. The van der Waals surface area contributed by atoms with Crippen LogP contribution in [0.3, 0.4) is 0 Å². The molecule has 306 valence electrons. The van der Waals surface area contributed by atoms with Crippen molar-refractivity contribution in [2.75, 3.05) is 37.7 Å². The lowest BCUT2D eigenvalue weighted by Gasteiger charge is -2.46. The molecule has 0 aliphatic carbocycles. The minimum atomic E-state index is -0.601. The molecular formula is C47H57N5O6. The summed E-state index contributed by atoms with van der Waals surface area (Å²) in [6.45, 7) is 7.53. The number of anilines is 1. The molecule has 58 heavy (non-hydrogen) atoms. The van der Waals surface area contributed by atoms with Gasteiger partial charge in [0.15, 0.2) is 6.29 Å². The third-order valence-corrected chi connectivity index (χ3v) is 12.1. The number of piperidine rings is 1. The number of hydrogen-bond acceptors (Lipinski definition) is 8. The molecule has 3 fully saturated rings. The van der Waals surface area contributed by atoms with E-state index < -0.39 is 11.8 Å². The molecule has 0 unspecified atom stereocenters. The summed E-state index contributed by atoms with van der Waals surface area (Å²) >= 11 is 0. The zero-order valence-corrected chi connectivity index (χ0v) is 33.7. The van der Waals surface area contributed by atoms with E-state index in [0.29, 0.717) is 32.7 Å². The van der Waals surface area contributed by atoms with Crippen molar-refractivity contribution in [1.29, 1.82) is 0 Å². The molecule has 0 radical (unpaired) electrons. The molecule has 4 aromatic rings. The molecule has 1 spiro atoms. The lowest BCUT2D eigenvalue weighted by Crippen LogP contribution is -2.57. The van der Waals surface area contributed by atoms with Gasteiger partial charge in [0.2, 0.25) is 17.7 Å². The SMILES string of the molecule is CC(=O)NCCCCCC(=O)NCc1ccccc1-c1ccc([C@@H]2O[C@H](CN3CCC4(CC3)C(=O)NCN4c3ccccc3)[C@H](C)[C@H](c3ccc(CO)cc3)O2)cc1. The number of nitrogens with one attached hydrogen (secondary N) is 3. The molecule has 0 aromatic heterocycles. The third-order valence-electron chi connectivity index (χ3n) is 12.1. The number of para-hydroxylation sites is 1. The van der Waals surface area contributed by atoms with Crippen LogP contribution in [-0.4, -0.2) is 72.2 Å². The van der Waals surface area contributed by atoms with Crippen LogP contribution in [-0.2, 0) is 37.0 Å². The van der Waals surface area contributed by atoms with Gasteiger partial charge in [-0.3, -0.25) is 14.4 Å². The molecule has 4 aromatic carbocycles. The summed E-state index contributed by atoms with van der Waals surface area (Å²) in [5.41, 5.74) is 6.43. The minimum absolute atomic E-state index is 0.0165. The number of aliphatic hydroxyl groups excluding tert-OH is 1. The fraction of sp³-hybridized carbons (Fsp3) is 0.426. The Balaban J connectivity index is 1.02. The van der Waals surface area contributed by atoms with Crippen LogP contribution in [0, 0.1) is 5.92 Å². The van der Waals surface area contributed by atoms with Crippen LogP contribution in [0.15, 0.2) is 103 Å². The highest BCUT2D eigenvalue weighted by molar-refractivity contribution is 5.93. The lowest BCUT2D eigenvalue weighted by atomic mass is 9.84. The summed E-state index contributed by atoms with van der Waals surface area (Å²) in [6.07, 6.45) is 3.46. The molecule has 4 N–H and O–H groups in total. The first-order valence-electron chi connectivity index (χ1n) is 20.8. The van der Waals surface area contributed by atoms with Crippen LogP contribution in [0.4, 0.5) is 5.69 Å². The Labute approximate surface area is 342 Å². The number of benzene rings is 4. The van der Waals surface area contributed by atoms with Gasteiger partial charge in [0, 0.05) is 63.2 Å². The molecule has 3 aliphatic rings. The number of unbranched alkanes of at least 4 members (excludes halogenated alkanes) is 2. The summed E-state index contributed by atoms with van der Waals surface area (Å²) in [5.74, 6) is 0.129. The van der Waals surface area contributed by atoms with Gasteiger partial charge < -0.3 is 40.3 Å². The molecule has 7 rings (SSSR count). The van der Waals surface area contributed by atoms with Crippen molar-refractivity contribution >= 4 is 23.4 Å². The summed E-state index contributed by atoms with van der Waals surface area (Å²) in [5, 5.41) is 18.7. The highest BCUT2D eigenvalue weighted by Crippen LogP contribution is 2.43. The van der Waals surface area contributed by atoms with Crippen molar-refractivity contribution in [3.63, 3.8) is 0 Å². The fourth-order valence-electron chi connectivity index (χ4n) is 8.63. The van der Waals surface area contributed by atoms with E-state index >= 15 is 0 Å². The van der Waals surface area contributed by atoms with Crippen molar-refractivity contribution in [2.45, 2.75) is 89.6 Å². The first kappa shape index (κ1) is 41.1. The van der Waals surface area contributed by atoms with Crippen LogP contribution in [0.1, 0.15) is 87.0 Å². The highest BCUT2D eigenvalue weighted by atomic mass is 16.7. The zero-order chi connectivity index (χ0) is 40.5. The van der Waals surface area contributed by atoms with E-state index in [0.717, 1.165) is 84.3 Å². The Kier molecular flexibility index (Phi) is 13.6. The average molecular weight is 788 g/mol. The molecule has 3 aliphatic heterocycles. The second-order valence-electron chi connectivity index (χ2n) is 15.9. The number of hydrogen-bond donors (Lipinski definition) is 4. The van der Waals surface area contributed by atoms with Gasteiger partial charge in [-0.05, 0) is 65.6 Å². The van der Waals surface area contributed by atoms with Crippen LogP contribution in [0.5, 0.6) is 0 Å². The van der Waals surface area contributed by atoms with E-state index in [4.69, 9.17) is 9.47 Å². The first-order valence-corrected chi connectivity index (χ1v) is 20.8. The minimum Gasteiger partial charge on any atom is -0.392 e. The Hall–Kier alpha value is -5.07. The maximum atomic E-state index is 13.3. The number of aliphatic hydroxyl groups is 1. The third kappa shape index (κ3) is 9.61. The van der Waals surface area contributed by atoms with E-state index in [9.17, 15) is 19.5 Å². The summed E-state index contributed by atoms with van der Waals surface area (Å²) < 4.78 is 13.6. The molecular weight excluding hydrogens is 731 g/mol. The Morgan fingerprint density at radius 3 is 2.28 bits per heavy atom. The molecule has 11 nitrogen and oxygen atoms in total. The maximum Gasteiger partial charge on any atom is 0.247 e. The van der Waals surface area contributed by atoms with Crippen LogP contribution < -0.4 is 20.9 Å². The monoisotopic (exact) mass is 787 g/mol. The van der Waals surface area contributed by atoms with E-state index in [2.05, 4.69) is 75.1 Å². The second-order valence-corrected chi connectivity index (χ2v) is 15.9. The fourth-order valence-corrected chi connectivity index (χ4v) is 8.63. The lowest BCUT2D eigenvalue weighted by molar-refractivity contribution is -0.276. The van der Waals surface area contributed by atoms with E-state index in [1.165, 1.54) is 6.92 Å². The predicted octanol–water partition coefficient (Wildman–Crippen LogP) is 6.38. The van der Waals surface area contributed by atoms with E-state index in [-0.39, 0.29) is 42.5 Å². The Bertz CT molecular complexity index is 1980. The molecule has 3 saturated heterocycles. The van der Waals surface area contributed by atoms with Gasteiger partial charge in [-0.2, -0.15) is 0 Å². The standard InChI is InChI=1S/C47H57N5O6/c1-33-42(30-51-27-24-47(25-28-51)46(56)50-32-52(47)40-12-5-3-6-13-40)57-45(58-44(33)37-18-16-35(31-53)17-19-37)38-22-20-36(21-23-38)41-14-9-8-11-39(41)29-49-43(55)15-7-4-10-26-48-34(2)54/h3,5-6,8-9,11-14,16-23,33,42,44-45,53H,4,7,10,15,24-32H2,1-2H3,(H,48,54)(H,49,55)(H,50,56)/t33-,42+,44+,45+/m0/s1. The first-order chi connectivity index (χ1) is 28.2. The van der Waals surface area contributed by atoms with E-state index in [1.807, 2.05) is 60.7 Å². The van der Waals surface area contributed by atoms with Gasteiger partial charge in [-0.25, -0.2) is 0 Å². The summed E-state index contributed by atoms with van der Waals surface area (Å²) in [7, 11) is 0. The summed E-state index contributed by atoms with van der Waals surface area (Å²) in [6, 6.07) is 34.6. The average Bonchev–Trinajstić information content (AvgIpc) is 3.57. The van der Waals surface area contributed by atoms with Crippen LogP contribution >= 0.6 is 0 Å². The maximum absolute atomic E-state index is 13.3. The number of likely N-dealkylation sites (tertiary alicyclic amines) is 1. The molecule has 3 amide bonds. The number of ether oxygens (including phenoxy) is 2. The highest BCUT2D eigenvalue weighted by Gasteiger charge is 2.51. The number of carbonyl (C=O) groups excluding carboxylic acids is 3. The topological polar surface area (TPSA) is 132 Å². The van der Waals surface area contributed by atoms with Gasteiger partial charge in [-0.1, -0.05) is 104 Å². The van der Waals surface area contributed by atoms with E-state index in [1.54, 1.807) is 0 Å². The van der Waals surface area contributed by atoms with Crippen molar-refractivity contribution in [1.82, 2.24) is 20.9 Å². The number of rotatable bonds is 15. The van der Waals surface area contributed by atoms with Crippen LogP contribution in [0.25, 0.3) is 11.1 Å². The van der Waals surface area contributed by atoms with Crippen molar-refractivity contribution in [3.8, 4) is 11.1 Å². The number of nitrogens with zero attached hydrogens (tertiary/aromatic N) is 2. The van der Waals surface area contributed by atoms with Gasteiger partial charge in [-0.15, -0.1) is 0 Å².